The molecule has 0 aromatic carbocycles. The smallest absolute Gasteiger partial charge is 0.251 e. The van der Waals surface area contributed by atoms with Crippen LogP contribution in [0.25, 0.3) is 0 Å². The number of amides is 1. The van der Waals surface area contributed by atoms with Gasteiger partial charge in [0, 0.05) is 36.7 Å². The van der Waals surface area contributed by atoms with Gasteiger partial charge in [-0.15, -0.1) is 0 Å². The van der Waals surface area contributed by atoms with Gasteiger partial charge in [0.2, 0.25) is 0 Å². The van der Waals surface area contributed by atoms with Crippen molar-refractivity contribution in [3.8, 4) is 0 Å². The molecule has 4 heteroatoms. The highest BCUT2D eigenvalue weighted by atomic mass is 16.5. The van der Waals surface area contributed by atoms with E-state index in [1.165, 1.54) is 0 Å². The first-order valence-corrected chi connectivity index (χ1v) is 6.46. The minimum Gasteiger partial charge on any atom is -0.381 e. The summed E-state index contributed by atoms with van der Waals surface area (Å²) in [5.41, 5.74) is 2.45. The van der Waals surface area contributed by atoms with Crippen LogP contribution in [-0.2, 0) is 4.74 Å². The normalized spacial score (nSPS) is 18.9. The van der Waals surface area contributed by atoms with E-state index in [9.17, 15) is 4.79 Å². The summed E-state index contributed by atoms with van der Waals surface area (Å²) in [6, 6.07) is 3.64. The van der Waals surface area contributed by atoms with E-state index in [2.05, 4.69) is 10.3 Å². The number of aryl methyl sites for hydroxylation is 2. The first-order chi connectivity index (χ1) is 8.65. The zero-order valence-corrected chi connectivity index (χ0v) is 11.0. The Hall–Kier alpha value is -1.42. The Morgan fingerprint density at radius 3 is 2.78 bits per heavy atom. The summed E-state index contributed by atoms with van der Waals surface area (Å²) in [6.07, 6.45) is 2.11. The molecule has 1 aliphatic heterocycles. The molecule has 1 N–H and O–H groups in total. The fourth-order valence-corrected chi connectivity index (χ4v) is 2.27. The maximum Gasteiger partial charge on any atom is 0.251 e. The number of aromatic nitrogens is 1. The van der Waals surface area contributed by atoms with Gasteiger partial charge in [0.25, 0.3) is 5.91 Å². The van der Waals surface area contributed by atoms with Crippen LogP contribution in [0.15, 0.2) is 12.1 Å². The van der Waals surface area contributed by atoms with Crippen molar-refractivity contribution in [3.63, 3.8) is 0 Å². The van der Waals surface area contributed by atoms with Gasteiger partial charge in [0.05, 0.1) is 0 Å². The van der Waals surface area contributed by atoms with Crippen LogP contribution < -0.4 is 5.32 Å². The highest BCUT2D eigenvalue weighted by Gasteiger charge is 2.15. The molecule has 0 radical (unpaired) electrons. The molecule has 0 aliphatic carbocycles. The lowest BCUT2D eigenvalue weighted by Gasteiger charge is -2.09. The summed E-state index contributed by atoms with van der Waals surface area (Å²) in [6.45, 7) is 6.22. The molecule has 0 bridgehead atoms. The molecule has 1 amide bonds. The molecular weight excluding hydrogens is 228 g/mol. The summed E-state index contributed by atoms with van der Waals surface area (Å²) in [7, 11) is 0. The molecule has 0 saturated carbocycles. The predicted molar refractivity (Wildman–Crippen MR) is 69.6 cm³/mol. The number of hydrogen-bond donors (Lipinski definition) is 1. The average Bonchev–Trinajstić information content (AvgIpc) is 2.80. The van der Waals surface area contributed by atoms with E-state index in [0.29, 0.717) is 18.0 Å². The first kappa shape index (κ1) is 13.0. The number of pyridine rings is 1. The Bertz CT molecular complexity index is 406. The van der Waals surface area contributed by atoms with Gasteiger partial charge in [0.15, 0.2) is 0 Å². The van der Waals surface area contributed by atoms with E-state index >= 15 is 0 Å². The summed E-state index contributed by atoms with van der Waals surface area (Å²) in [4.78, 5) is 16.2. The quantitative estimate of drug-likeness (QED) is 0.884. The van der Waals surface area contributed by atoms with E-state index in [4.69, 9.17) is 4.74 Å². The molecule has 2 rings (SSSR count). The molecule has 1 atom stereocenters. The highest BCUT2D eigenvalue weighted by Crippen LogP contribution is 2.15. The van der Waals surface area contributed by atoms with Crippen molar-refractivity contribution >= 4 is 5.91 Å². The van der Waals surface area contributed by atoms with Crippen molar-refractivity contribution in [1.29, 1.82) is 0 Å². The fourth-order valence-electron chi connectivity index (χ4n) is 2.27. The van der Waals surface area contributed by atoms with Crippen molar-refractivity contribution in [1.82, 2.24) is 10.3 Å². The summed E-state index contributed by atoms with van der Waals surface area (Å²) < 4.78 is 5.31. The summed E-state index contributed by atoms with van der Waals surface area (Å²) >= 11 is 0. The van der Waals surface area contributed by atoms with Gasteiger partial charge in [-0.05, 0) is 44.7 Å². The average molecular weight is 248 g/mol. The molecule has 1 aliphatic rings. The number of nitrogens with one attached hydrogen (secondary N) is 1. The minimum absolute atomic E-state index is 0.0116. The number of hydrogen-bond acceptors (Lipinski definition) is 3. The molecule has 1 aromatic heterocycles. The van der Waals surface area contributed by atoms with Crippen molar-refractivity contribution in [2.45, 2.75) is 26.7 Å². The molecule has 98 valence electrons. The van der Waals surface area contributed by atoms with Gasteiger partial charge in [0.1, 0.15) is 0 Å². The number of carbonyl (C=O) groups is 1. The summed E-state index contributed by atoms with van der Waals surface area (Å²) in [5.74, 6) is 0.591. The number of rotatable bonds is 4. The lowest BCUT2D eigenvalue weighted by molar-refractivity contribution is 0.0950. The van der Waals surface area contributed by atoms with Crippen LogP contribution in [0.2, 0.25) is 0 Å². The van der Waals surface area contributed by atoms with Crippen LogP contribution in [0.4, 0.5) is 0 Å². The largest absolute Gasteiger partial charge is 0.381 e. The number of ether oxygens (including phenoxy) is 1. The van der Waals surface area contributed by atoms with Crippen molar-refractivity contribution in [2.24, 2.45) is 5.92 Å². The maximum atomic E-state index is 12.0. The molecule has 2 heterocycles. The Morgan fingerprint density at radius 2 is 2.17 bits per heavy atom. The number of nitrogens with zero attached hydrogens (tertiary/aromatic N) is 1. The molecule has 4 nitrogen and oxygen atoms in total. The summed E-state index contributed by atoms with van der Waals surface area (Å²) in [5, 5.41) is 2.96. The van der Waals surface area contributed by atoms with Gasteiger partial charge in [-0.2, -0.15) is 0 Å². The Morgan fingerprint density at radius 1 is 1.44 bits per heavy atom. The second-order valence-electron chi connectivity index (χ2n) is 4.91. The van der Waals surface area contributed by atoms with Crippen LogP contribution >= 0.6 is 0 Å². The highest BCUT2D eigenvalue weighted by molar-refractivity contribution is 5.94. The molecule has 0 unspecified atom stereocenters. The van der Waals surface area contributed by atoms with Gasteiger partial charge >= 0.3 is 0 Å². The molecule has 18 heavy (non-hydrogen) atoms. The molecule has 1 fully saturated rings. The Balaban J connectivity index is 1.83. The molecular formula is C14H20N2O2. The van der Waals surface area contributed by atoms with Gasteiger partial charge in [-0.25, -0.2) is 0 Å². The fraction of sp³-hybridized carbons (Fsp3) is 0.571. The monoisotopic (exact) mass is 248 g/mol. The Labute approximate surface area is 108 Å². The molecule has 1 saturated heterocycles. The minimum atomic E-state index is -0.0116. The van der Waals surface area contributed by atoms with Gasteiger partial charge in [-0.1, -0.05) is 0 Å². The van der Waals surface area contributed by atoms with Crippen molar-refractivity contribution in [3.05, 3.63) is 29.1 Å². The molecule has 0 spiro atoms. The third-order valence-electron chi connectivity index (χ3n) is 3.21. The van der Waals surface area contributed by atoms with Crippen LogP contribution in [0.5, 0.6) is 0 Å². The van der Waals surface area contributed by atoms with Crippen LogP contribution in [-0.4, -0.2) is 30.6 Å². The topological polar surface area (TPSA) is 51.2 Å². The van der Waals surface area contributed by atoms with Gasteiger partial charge in [-0.3, -0.25) is 9.78 Å². The standard InChI is InChI=1S/C14H20N2O2/c1-10-7-13(8-11(2)16-10)14(17)15-5-3-12-4-6-18-9-12/h7-8,12H,3-6,9H2,1-2H3,(H,15,17)/t12-/m0/s1. The van der Waals surface area contributed by atoms with E-state index in [1.54, 1.807) is 0 Å². The van der Waals surface area contributed by atoms with Crippen LogP contribution in [0, 0.1) is 19.8 Å². The number of carbonyl (C=O) groups excluding carboxylic acids is 1. The van der Waals surface area contributed by atoms with E-state index in [-0.39, 0.29) is 5.91 Å². The van der Waals surface area contributed by atoms with Crippen LogP contribution in [0.3, 0.4) is 0 Å². The Kier molecular flexibility index (Phi) is 4.31. The van der Waals surface area contributed by atoms with Gasteiger partial charge < -0.3 is 10.1 Å². The van der Waals surface area contributed by atoms with Crippen molar-refractivity contribution < 1.29 is 9.53 Å². The third kappa shape index (κ3) is 3.53. The van der Waals surface area contributed by atoms with E-state index in [1.807, 2.05) is 26.0 Å². The van der Waals surface area contributed by atoms with Crippen molar-refractivity contribution in [2.75, 3.05) is 19.8 Å². The lowest BCUT2D eigenvalue weighted by atomic mass is 10.1. The zero-order chi connectivity index (χ0) is 13.0. The predicted octanol–water partition coefficient (Wildman–Crippen LogP) is 1.85. The second kappa shape index (κ2) is 5.96. The maximum absolute atomic E-state index is 12.0. The zero-order valence-electron chi connectivity index (χ0n) is 11.0. The van der Waals surface area contributed by atoms with E-state index in [0.717, 1.165) is 37.4 Å². The van der Waals surface area contributed by atoms with E-state index < -0.39 is 0 Å². The first-order valence-electron chi connectivity index (χ1n) is 6.46. The second-order valence-corrected chi connectivity index (χ2v) is 4.91. The van der Waals surface area contributed by atoms with Crippen LogP contribution in [0.1, 0.15) is 34.6 Å². The lowest BCUT2D eigenvalue weighted by Crippen LogP contribution is -2.26. The molecule has 1 aromatic rings. The SMILES string of the molecule is Cc1cc(C(=O)NCC[C@H]2CCOC2)cc(C)n1. The third-order valence-corrected chi connectivity index (χ3v) is 3.21.